The number of benzene rings is 1. The van der Waals surface area contributed by atoms with Gasteiger partial charge in [-0.05, 0) is 17.7 Å². The van der Waals surface area contributed by atoms with E-state index in [2.05, 4.69) is 0 Å². The minimum Gasteiger partial charge on any atom is -0.423 e. The third-order valence-electron chi connectivity index (χ3n) is 3.95. The molecule has 1 aromatic carbocycles. The summed E-state index contributed by atoms with van der Waals surface area (Å²) in [5, 5.41) is 39.2. The van der Waals surface area contributed by atoms with Gasteiger partial charge in [-0.2, -0.15) is 0 Å². The highest BCUT2D eigenvalue weighted by Gasteiger charge is 2.43. The first kappa shape index (κ1) is 17.0. The van der Waals surface area contributed by atoms with E-state index >= 15 is 0 Å². The lowest BCUT2D eigenvalue weighted by atomic mass is 9.99. The van der Waals surface area contributed by atoms with Crippen LogP contribution in [0.2, 0.25) is 0 Å². The molecular weight excluding hydrogens is 320 g/mol. The molecule has 4 N–H and O–H groups in total. The molecule has 3 rings (SSSR count). The molecule has 5 atom stereocenters. The molecular formula is C16H18O8. The highest BCUT2D eigenvalue weighted by Crippen LogP contribution is 2.23. The summed E-state index contributed by atoms with van der Waals surface area (Å²) in [4.78, 5) is 11.3. The van der Waals surface area contributed by atoms with Crippen LogP contribution in [0.1, 0.15) is 5.56 Å². The molecule has 0 saturated carbocycles. The molecule has 1 fully saturated rings. The van der Waals surface area contributed by atoms with Crippen molar-refractivity contribution in [1.82, 2.24) is 0 Å². The summed E-state index contributed by atoms with van der Waals surface area (Å²) in [6.07, 6.45) is -6.61. The van der Waals surface area contributed by atoms with Gasteiger partial charge in [0.05, 0.1) is 13.2 Å². The van der Waals surface area contributed by atoms with Crippen LogP contribution >= 0.6 is 0 Å². The van der Waals surface area contributed by atoms with Crippen LogP contribution in [0, 0.1) is 0 Å². The van der Waals surface area contributed by atoms with Crippen LogP contribution in [0.3, 0.4) is 0 Å². The molecule has 0 bridgehead atoms. The van der Waals surface area contributed by atoms with Crippen LogP contribution in [0.25, 0.3) is 11.0 Å². The molecule has 130 valence electrons. The van der Waals surface area contributed by atoms with Gasteiger partial charge >= 0.3 is 5.63 Å². The van der Waals surface area contributed by atoms with Crippen molar-refractivity contribution in [3.63, 3.8) is 0 Å². The van der Waals surface area contributed by atoms with Gasteiger partial charge in [-0.1, -0.05) is 12.1 Å². The Morgan fingerprint density at radius 1 is 1.04 bits per heavy atom. The van der Waals surface area contributed by atoms with Crippen molar-refractivity contribution in [2.75, 3.05) is 6.61 Å². The minimum atomic E-state index is -1.49. The number of fused-ring (bicyclic) bond motifs is 1. The molecule has 0 radical (unpaired) electrons. The number of hydrogen-bond donors (Lipinski definition) is 4. The molecule has 2 heterocycles. The van der Waals surface area contributed by atoms with Gasteiger partial charge in [-0.25, -0.2) is 4.79 Å². The third kappa shape index (κ3) is 3.34. The Bertz CT molecular complexity index is 755. The van der Waals surface area contributed by atoms with Gasteiger partial charge < -0.3 is 34.3 Å². The minimum absolute atomic E-state index is 0.0111. The Balaban J connectivity index is 1.71. The average molecular weight is 338 g/mol. The highest BCUT2D eigenvalue weighted by molar-refractivity contribution is 5.76. The summed E-state index contributed by atoms with van der Waals surface area (Å²) in [6, 6.07) is 8.10. The summed E-state index contributed by atoms with van der Waals surface area (Å²) in [7, 11) is 0. The maximum Gasteiger partial charge on any atom is 0.336 e. The van der Waals surface area contributed by atoms with E-state index in [1.165, 1.54) is 6.07 Å². The van der Waals surface area contributed by atoms with Crippen molar-refractivity contribution in [2.24, 2.45) is 0 Å². The zero-order valence-electron chi connectivity index (χ0n) is 12.6. The van der Waals surface area contributed by atoms with Crippen LogP contribution in [0.5, 0.6) is 0 Å². The summed E-state index contributed by atoms with van der Waals surface area (Å²) in [5.74, 6) is 0. The van der Waals surface area contributed by atoms with Crippen molar-refractivity contribution >= 4 is 11.0 Å². The standard InChI is InChI=1S/C16H18O8/c17-6-11-13(19)14(20)15(21)16(24-11)22-7-8-1-2-9-3-4-12(18)23-10(9)5-8/h1-5,11,13-17,19-21H,6-7H2/t11-,13+,14+,15-,16?/m1/s1. The van der Waals surface area contributed by atoms with Gasteiger partial charge in [-0.15, -0.1) is 0 Å². The fourth-order valence-corrected chi connectivity index (χ4v) is 2.58. The quantitative estimate of drug-likeness (QED) is 0.528. The maximum absolute atomic E-state index is 11.3. The highest BCUT2D eigenvalue weighted by atomic mass is 16.7. The van der Waals surface area contributed by atoms with E-state index in [9.17, 15) is 20.1 Å². The van der Waals surface area contributed by atoms with Crippen LogP contribution in [-0.4, -0.2) is 57.7 Å². The fourth-order valence-electron chi connectivity index (χ4n) is 2.58. The van der Waals surface area contributed by atoms with E-state index in [1.807, 2.05) is 0 Å². The predicted octanol–water partition coefficient (Wildman–Crippen LogP) is -0.891. The number of aliphatic hydroxyl groups is 4. The lowest BCUT2D eigenvalue weighted by molar-refractivity contribution is -0.304. The van der Waals surface area contributed by atoms with Gasteiger partial charge in [0.15, 0.2) is 6.29 Å². The second-order valence-corrected chi connectivity index (χ2v) is 5.63. The largest absolute Gasteiger partial charge is 0.423 e. The second-order valence-electron chi connectivity index (χ2n) is 5.63. The van der Waals surface area contributed by atoms with E-state index in [0.29, 0.717) is 11.1 Å². The first-order valence-electron chi connectivity index (χ1n) is 7.44. The summed E-state index contributed by atoms with van der Waals surface area (Å²) in [6.45, 7) is -0.511. The Morgan fingerprint density at radius 2 is 1.79 bits per heavy atom. The predicted molar refractivity (Wildman–Crippen MR) is 81.0 cm³/mol. The Morgan fingerprint density at radius 3 is 2.54 bits per heavy atom. The van der Waals surface area contributed by atoms with Crippen LogP contribution < -0.4 is 5.63 Å². The van der Waals surface area contributed by atoms with Gasteiger partial charge in [0.25, 0.3) is 0 Å². The van der Waals surface area contributed by atoms with E-state index in [0.717, 1.165) is 5.39 Å². The maximum atomic E-state index is 11.3. The normalized spacial score (nSPS) is 30.6. The molecule has 8 nitrogen and oxygen atoms in total. The fraction of sp³-hybridized carbons (Fsp3) is 0.438. The first-order chi connectivity index (χ1) is 11.5. The molecule has 1 aliphatic heterocycles. The summed E-state index contributed by atoms with van der Waals surface area (Å²) < 4.78 is 15.8. The Hall–Kier alpha value is -1.81. The van der Waals surface area contributed by atoms with E-state index < -0.39 is 42.9 Å². The number of rotatable bonds is 4. The lowest BCUT2D eigenvalue weighted by Crippen LogP contribution is -2.59. The molecule has 2 aromatic rings. The average Bonchev–Trinajstić information content (AvgIpc) is 2.58. The lowest BCUT2D eigenvalue weighted by Gasteiger charge is -2.39. The summed E-state index contributed by atoms with van der Waals surface area (Å²) in [5.41, 5.74) is 0.598. The Labute approximate surface area is 136 Å². The van der Waals surface area contributed by atoms with Gasteiger partial charge in [0, 0.05) is 11.5 Å². The van der Waals surface area contributed by atoms with Crippen molar-refractivity contribution in [3.05, 3.63) is 46.3 Å². The van der Waals surface area contributed by atoms with E-state index in [4.69, 9.17) is 19.0 Å². The smallest absolute Gasteiger partial charge is 0.336 e. The van der Waals surface area contributed by atoms with Crippen molar-refractivity contribution in [1.29, 1.82) is 0 Å². The molecule has 0 amide bonds. The second kappa shape index (κ2) is 6.98. The molecule has 1 aromatic heterocycles. The first-order valence-corrected chi connectivity index (χ1v) is 7.44. The van der Waals surface area contributed by atoms with Crippen LogP contribution in [0.15, 0.2) is 39.5 Å². The number of aliphatic hydroxyl groups excluding tert-OH is 4. The number of hydrogen-bond acceptors (Lipinski definition) is 8. The topological polar surface area (TPSA) is 130 Å². The monoisotopic (exact) mass is 338 g/mol. The molecule has 1 unspecified atom stereocenters. The van der Waals surface area contributed by atoms with Crippen molar-refractivity contribution in [3.8, 4) is 0 Å². The third-order valence-corrected chi connectivity index (χ3v) is 3.95. The molecule has 24 heavy (non-hydrogen) atoms. The number of ether oxygens (including phenoxy) is 2. The molecule has 0 aliphatic carbocycles. The van der Waals surface area contributed by atoms with Gasteiger partial charge in [-0.3, -0.25) is 0 Å². The van der Waals surface area contributed by atoms with Crippen molar-refractivity contribution < 1.29 is 34.3 Å². The SMILES string of the molecule is O=c1ccc2ccc(COC3O[C@H](CO)[C@H](O)[C@H](O)[C@H]3O)cc2o1. The van der Waals surface area contributed by atoms with Crippen LogP contribution in [-0.2, 0) is 16.1 Å². The zero-order chi connectivity index (χ0) is 17.3. The van der Waals surface area contributed by atoms with E-state index in [-0.39, 0.29) is 6.61 Å². The van der Waals surface area contributed by atoms with E-state index in [1.54, 1.807) is 24.3 Å². The molecule has 1 aliphatic rings. The molecule has 1 saturated heterocycles. The molecule has 8 heteroatoms. The Kier molecular flexibility index (Phi) is 4.95. The zero-order valence-corrected chi connectivity index (χ0v) is 12.6. The molecule has 0 spiro atoms. The summed E-state index contributed by atoms with van der Waals surface area (Å²) >= 11 is 0. The van der Waals surface area contributed by atoms with Gasteiger partial charge in [0.1, 0.15) is 30.0 Å². The van der Waals surface area contributed by atoms with Crippen molar-refractivity contribution in [2.45, 2.75) is 37.3 Å². The van der Waals surface area contributed by atoms with Crippen LogP contribution in [0.4, 0.5) is 0 Å². The van der Waals surface area contributed by atoms with Gasteiger partial charge in [0.2, 0.25) is 0 Å².